The largest absolute Gasteiger partial charge is 0.317 e. The van der Waals surface area contributed by atoms with E-state index >= 15 is 0 Å². The molecule has 0 radical (unpaired) electrons. The van der Waals surface area contributed by atoms with Gasteiger partial charge in [0.2, 0.25) is 0 Å². The van der Waals surface area contributed by atoms with Gasteiger partial charge in [0.05, 0.1) is 11.7 Å². The van der Waals surface area contributed by atoms with Crippen molar-refractivity contribution in [3.63, 3.8) is 0 Å². The van der Waals surface area contributed by atoms with Crippen LogP contribution in [0, 0.1) is 13.8 Å². The Bertz CT molecular complexity index is 398. The van der Waals surface area contributed by atoms with Crippen LogP contribution in [0.2, 0.25) is 0 Å². The minimum Gasteiger partial charge on any atom is -0.317 e. The van der Waals surface area contributed by atoms with Gasteiger partial charge in [-0.2, -0.15) is 5.10 Å². The summed E-state index contributed by atoms with van der Waals surface area (Å²) in [6, 6.07) is 0.698. The number of aromatic nitrogens is 2. The van der Waals surface area contributed by atoms with Crippen molar-refractivity contribution in [2.75, 3.05) is 13.1 Å². The molecular formula is C14H23N3. The van der Waals surface area contributed by atoms with Crippen molar-refractivity contribution in [1.82, 2.24) is 15.1 Å². The summed E-state index contributed by atoms with van der Waals surface area (Å²) >= 11 is 0. The zero-order valence-corrected chi connectivity index (χ0v) is 11.0. The van der Waals surface area contributed by atoms with Gasteiger partial charge in [-0.3, -0.25) is 4.68 Å². The minimum atomic E-state index is 0.698. The molecule has 17 heavy (non-hydrogen) atoms. The van der Waals surface area contributed by atoms with Crippen molar-refractivity contribution in [2.24, 2.45) is 0 Å². The van der Waals surface area contributed by atoms with E-state index in [1.807, 2.05) is 0 Å². The Kier molecular flexibility index (Phi) is 2.95. The van der Waals surface area contributed by atoms with Crippen LogP contribution in [-0.2, 0) is 0 Å². The molecule has 1 saturated heterocycles. The molecule has 0 spiro atoms. The highest BCUT2D eigenvalue weighted by molar-refractivity contribution is 5.30. The Labute approximate surface area is 104 Å². The Morgan fingerprint density at radius 2 is 1.82 bits per heavy atom. The molecule has 1 N–H and O–H groups in total. The summed E-state index contributed by atoms with van der Waals surface area (Å²) in [7, 11) is 0. The molecule has 0 unspecified atom stereocenters. The van der Waals surface area contributed by atoms with E-state index in [9.17, 15) is 0 Å². The molecule has 0 aromatic carbocycles. The van der Waals surface area contributed by atoms with Crippen LogP contribution in [0.4, 0.5) is 0 Å². The second-order valence-electron chi connectivity index (χ2n) is 5.64. The lowest BCUT2D eigenvalue weighted by atomic mass is 9.88. The Hall–Kier alpha value is -0.830. The molecule has 2 fully saturated rings. The third kappa shape index (κ3) is 1.90. The van der Waals surface area contributed by atoms with Gasteiger partial charge in [0.15, 0.2) is 0 Å². The van der Waals surface area contributed by atoms with Gasteiger partial charge in [-0.15, -0.1) is 0 Å². The predicted octanol–water partition coefficient (Wildman–Crippen LogP) is 2.69. The summed E-state index contributed by atoms with van der Waals surface area (Å²) in [5.41, 5.74) is 4.28. The molecular weight excluding hydrogens is 210 g/mol. The summed E-state index contributed by atoms with van der Waals surface area (Å²) in [6.07, 6.45) is 6.59. The second-order valence-corrected chi connectivity index (χ2v) is 5.64. The van der Waals surface area contributed by atoms with Crippen molar-refractivity contribution in [1.29, 1.82) is 0 Å². The highest BCUT2D eigenvalue weighted by Crippen LogP contribution is 2.36. The first-order chi connectivity index (χ1) is 8.27. The van der Waals surface area contributed by atoms with Crippen LogP contribution in [0.3, 0.4) is 0 Å². The zero-order chi connectivity index (χ0) is 11.8. The van der Waals surface area contributed by atoms with Gasteiger partial charge in [0.25, 0.3) is 0 Å². The van der Waals surface area contributed by atoms with E-state index in [1.165, 1.54) is 43.5 Å². The molecule has 3 heteroatoms. The third-order valence-electron chi connectivity index (χ3n) is 4.55. The van der Waals surface area contributed by atoms with Crippen LogP contribution in [0.15, 0.2) is 0 Å². The Morgan fingerprint density at radius 1 is 1.12 bits per heavy atom. The normalized spacial score (nSPS) is 22.7. The summed E-state index contributed by atoms with van der Waals surface area (Å²) < 4.78 is 2.32. The lowest BCUT2D eigenvalue weighted by Gasteiger charge is -2.28. The first-order valence-electron chi connectivity index (χ1n) is 7.03. The van der Waals surface area contributed by atoms with E-state index in [1.54, 1.807) is 5.56 Å². The molecule has 1 saturated carbocycles. The van der Waals surface area contributed by atoms with E-state index < -0.39 is 0 Å². The maximum absolute atomic E-state index is 4.80. The molecule has 2 heterocycles. The van der Waals surface area contributed by atoms with Gasteiger partial charge in [0, 0.05) is 5.69 Å². The van der Waals surface area contributed by atoms with E-state index in [0.717, 1.165) is 19.0 Å². The number of nitrogens with zero attached hydrogens (tertiary/aromatic N) is 2. The van der Waals surface area contributed by atoms with Crippen molar-refractivity contribution in [3.8, 4) is 0 Å². The molecule has 1 aromatic heterocycles. The number of nitrogens with one attached hydrogen (secondary N) is 1. The minimum absolute atomic E-state index is 0.698. The zero-order valence-electron chi connectivity index (χ0n) is 11.0. The summed E-state index contributed by atoms with van der Waals surface area (Å²) in [4.78, 5) is 0. The number of piperidine rings is 1. The average molecular weight is 233 g/mol. The Morgan fingerprint density at radius 3 is 2.41 bits per heavy atom. The first-order valence-corrected chi connectivity index (χ1v) is 7.03. The van der Waals surface area contributed by atoms with Gasteiger partial charge in [-0.1, -0.05) is 0 Å². The van der Waals surface area contributed by atoms with Gasteiger partial charge < -0.3 is 5.32 Å². The van der Waals surface area contributed by atoms with Crippen LogP contribution in [0.5, 0.6) is 0 Å². The SMILES string of the molecule is Cc1nn(C2CCC2)c(C)c1C1CCNCC1. The monoisotopic (exact) mass is 233 g/mol. The van der Waals surface area contributed by atoms with E-state index in [4.69, 9.17) is 5.10 Å². The van der Waals surface area contributed by atoms with Crippen molar-refractivity contribution in [2.45, 2.75) is 57.9 Å². The summed E-state index contributed by atoms with van der Waals surface area (Å²) in [5, 5.41) is 8.25. The van der Waals surface area contributed by atoms with Crippen molar-refractivity contribution >= 4 is 0 Å². The van der Waals surface area contributed by atoms with Gasteiger partial charge >= 0.3 is 0 Å². The van der Waals surface area contributed by atoms with Crippen LogP contribution in [0.1, 0.15) is 61.0 Å². The molecule has 3 rings (SSSR count). The van der Waals surface area contributed by atoms with Crippen LogP contribution in [0.25, 0.3) is 0 Å². The Balaban J connectivity index is 1.89. The fourth-order valence-corrected chi connectivity index (χ4v) is 3.36. The fourth-order valence-electron chi connectivity index (χ4n) is 3.36. The number of hydrogen-bond acceptors (Lipinski definition) is 2. The smallest absolute Gasteiger partial charge is 0.0631 e. The molecule has 94 valence electrons. The number of rotatable bonds is 2. The van der Waals surface area contributed by atoms with E-state index in [-0.39, 0.29) is 0 Å². The predicted molar refractivity (Wildman–Crippen MR) is 69.4 cm³/mol. The van der Waals surface area contributed by atoms with Gasteiger partial charge in [0.1, 0.15) is 0 Å². The molecule has 1 aromatic rings. The number of hydrogen-bond donors (Lipinski definition) is 1. The molecule has 3 nitrogen and oxygen atoms in total. The van der Waals surface area contributed by atoms with Crippen LogP contribution in [-0.4, -0.2) is 22.9 Å². The molecule has 1 aliphatic heterocycles. The molecule has 2 aliphatic rings. The molecule has 1 aliphatic carbocycles. The summed E-state index contributed by atoms with van der Waals surface area (Å²) in [5.74, 6) is 0.741. The van der Waals surface area contributed by atoms with Gasteiger partial charge in [-0.05, 0) is 70.5 Å². The van der Waals surface area contributed by atoms with Crippen LogP contribution >= 0.6 is 0 Å². The van der Waals surface area contributed by atoms with E-state index in [0.29, 0.717) is 6.04 Å². The lowest BCUT2D eigenvalue weighted by molar-refractivity contribution is 0.283. The third-order valence-corrected chi connectivity index (χ3v) is 4.55. The standard InChI is InChI=1S/C14H23N3/c1-10-14(12-6-8-15-9-7-12)11(2)17(16-10)13-4-3-5-13/h12-13,15H,3-9H2,1-2H3. The highest BCUT2D eigenvalue weighted by atomic mass is 15.3. The topological polar surface area (TPSA) is 29.9 Å². The first kappa shape index (κ1) is 11.3. The quantitative estimate of drug-likeness (QED) is 0.851. The maximum atomic E-state index is 4.80. The summed E-state index contributed by atoms with van der Waals surface area (Å²) in [6.45, 7) is 6.80. The highest BCUT2D eigenvalue weighted by Gasteiger charge is 2.27. The molecule has 0 atom stereocenters. The van der Waals surface area contributed by atoms with Gasteiger partial charge in [-0.25, -0.2) is 0 Å². The maximum Gasteiger partial charge on any atom is 0.0631 e. The molecule has 0 bridgehead atoms. The fraction of sp³-hybridized carbons (Fsp3) is 0.786. The van der Waals surface area contributed by atoms with Crippen LogP contribution < -0.4 is 5.32 Å². The second kappa shape index (κ2) is 4.45. The number of aryl methyl sites for hydroxylation is 1. The van der Waals surface area contributed by atoms with Crippen molar-refractivity contribution in [3.05, 3.63) is 17.0 Å². The van der Waals surface area contributed by atoms with Crippen molar-refractivity contribution < 1.29 is 0 Å². The molecule has 0 amide bonds. The lowest BCUT2D eigenvalue weighted by Crippen LogP contribution is -2.27. The average Bonchev–Trinajstić information content (AvgIpc) is 2.54. The van der Waals surface area contributed by atoms with E-state index in [2.05, 4.69) is 23.8 Å².